The SMILES string of the molecule is CC1(C)CN(S(=O)(=O)c2cc(Cl)cc(Cl)c2)CC(CCl)O1. The maximum absolute atomic E-state index is 12.8. The zero-order chi connectivity index (χ0) is 15.8. The highest BCUT2D eigenvalue weighted by Gasteiger charge is 2.39. The molecule has 0 N–H and O–H groups in total. The highest BCUT2D eigenvalue weighted by molar-refractivity contribution is 7.89. The number of ether oxygens (including phenoxy) is 1. The summed E-state index contributed by atoms with van der Waals surface area (Å²) in [5.74, 6) is 0.228. The van der Waals surface area contributed by atoms with Crippen molar-refractivity contribution in [2.24, 2.45) is 0 Å². The molecule has 1 saturated heterocycles. The van der Waals surface area contributed by atoms with Gasteiger partial charge in [0.2, 0.25) is 10.0 Å². The summed E-state index contributed by atoms with van der Waals surface area (Å²) in [5, 5.41) is 0.560. The van der Waals surface area contributed by atoms with Gasteiger partial charge in [0.1, 0.15) is 0 Å². The van der Waals surface area contributed by atoms with Crippen molar-refractivity contribution in [2.45, 2.75) is 30.4 Å². The Labute approximate surface area is 140 Å². The Bertz CT molecular complexity index is 613. The van der Waals surface area contributed by atoms with Gasteiger partial charge in [-0.15, -0.1) is 11.6 Å². The molecule has 8 heteroatoms. The van der Waals surface area contributed by atoms with Gasteiger partial charge in [0.05, 0.1) is 16.6 Å². The molecule has 0 aliphatic carbocycles. The topological polar surface area (TPSA) is 46.6 Å². The van der Waals surface area contributed by atoms with Gasteiger partial charge in [-0.3, -0.25) is 0 Å². The first-order valence-electron chi connectivity index (χ1n) is 6.34. The normalized spacial score (nSPS) is 23.2. The minimum absolute atomic E-state index is 0.0750. The van der Waals surface area contributed by atoms with E-state index in [9.17, 15) is 8.42 Å². The van der Waals surface area contributed by atoms with Crippen LogP contribution in [0.15, 0.2) is 23.1 Å². The van der Waals surface area contributed by atoms with Gasteiger partial charge in [-0.05, 0) is 32.0 Å². The van der Waals surface area contributed by atoms with Crippen LogP contribution < -0.4 is 0 Å². The minimum Gasteiger partial charge on any atom is -0.368 e. The molecule has 118 valence electrons. The zero-order valence-electron chi connectivity index (χ0n) is 11.6. The van der Waals surface area contributed by atoms with Crippen molar-refractivity contribution in [3.63, 3.8) is 0 Å². The number of rotatable bonds is 3. The van der Waals surface area contributed by atoms with Crippen LogP contribution in [0.3, 0.4) is 0 Å². The zero-order valence-corrected chi connectivity index (χ0v) is 14.7. The van der Waals surface area contributed by atoms with Gasteiger partial charge < -0.3 is 4.74 Å². The van der Waals surface area contributed by atoms with Gasteiger partial charge in [-0.1, -0.05) is 23.2 Å². The molecule has 0 bridgehead atoms. The molecule has 1 heterocycles. The number of morpholine rings is 1. The lowest BCUT2D eigenvalue weighted by Crippen LogP contribution is -2.55. The van der Waals surface area contributed by atoms with Crippen LogP contribution in [0, 0.1) is 0 Å². The quantitative estimate of drug-likeness (QED) is 0.764. The van der Waals surface area contributed by atoms with Gasteiger partial charge >= 0.3 is 0 Å². The molecule has 0 spiro atoms. The van der Waals surface area contributed by atoms with E-state index in [1.807, 2.05) is 13.8 Å². The van der Waals surface area contributed by atoms with E-state index >= 15 is 0 Å². The summed E-state index contributed by atoms with van der Waals surface area (Å²) in [5.41, 5.74) is -0.604. The number of benzene rings is 1. The summed E-state index contributed by atoms with van der Waals surface area (Å²) >= 11 is 17.6. The van der Waals surface area contributed by atoms with E-state index in [-0.39, 0.29) is 40.0 Å². The fraction of sp³-hybridized carbons (Fsp3) is 0.538. The van der Waals surface area contributed by atoms with Crippen LogP contribution in [-0.2, 0) is 14.8 Å². The number of alkyl halides is 1. The minimum atomic E-state index is -3.70. The molecule has 2 rings (SSSR count). The Hall–Kier alpha value is -0.0400. The molecule has 1 fully saturated rings. The second-order valence-electron chi connectivity index (χ2n) is 5.56. The number of nitrogens with zero attached hydrogens (tertiary/aromatic N) is 1. The standard InChI is InChI=1S/C13H16Cl3NO3S/c1-13(2)8-17(7-11(6-14)20-13)21(18,19)12-4-9(15)3-10(16)5-12/h3-5,11H,6-8H2,1-2H3. The Balaban J connectivity index is 2.38. The smallest absolute Gasteiger partial charge is 0.243 e. The van der Waals surface area contributed by atoms with E-state index in [1.54, 1.807) is 0 Å². The van der Waals surface area contributed by atoms with Crippen molar-refractivity contribution in [3.8, 4) is 0 Å². The number of halogens is 3. The predicted molar refractivity (Wildman–Crippen MR) is 84.9 cm³/mol. The highest BCUT2D eigenvalue weighted by atomic mass is 35.5. The third-order valence-electron chi connectivity index (χ3n) is 3.10. The molecule has 1 unspecified atom stereocenters. The van der Waals surface area contributed by atoms with Gasteiger partial charge in [-0.2, -0.15) is 4.31 Å². The predicted octanol–water partition coefficient (Wildman–Crippen LogP) is 3.40. The maximum Gasteiger partial charge on any atom is 0.243 e. The molecule has 0 aromatic heterocycles. The van der Waals surface area contributed by atoms with Crippen molar-refractivity contribution in [2.75, 3.05) is 19.0 Å². The van der Waals surface area contributed by atoms with Crippen molar-refractivity contribution in [1.29, 1.82) is 0 Å². The van der Waals surface area contributed by atoms with Crippen molar-refractivity contribution < 1.29 is 13.2 Å². The average molecular weight is 373 g/mol. The largest absolute Gasteiger partial charge is 0.368 e. The first-order chi connectivity index (χ1) is 9.64. The summed E-state index contributed by atoms with van der Waals surface area (Å²) < 4.78 is 32.6. The first-order valence-corrected chi connectivity index (χ1v) is 9.07. The summed E-state index contributed by atoms with van der Waals surface area (Å²) in [4.78, 5) is 0.0750. The highest BCUT2D eigenvalue weighted by Crippen LogP contribution is 2.29. The second kappa shape index (κ2) is 6.22. The molecule has 1 aliphatic heterocycles. The third-order valence-corrected chi connectivity index (χ3v) is 5.67. The lowest BCUT2D eigenvalue weighted by Gasteiger charge is -2.41. The number of hydrogen-bond acceptors (Lipinski definition) is 3. The van der Waals surface area contributed by atoms with Crippen molar-refractivity contribution >= 4 is 44.8 Å². The Morgan fingerprint density at radius 3 is 2.38 bits per heavy atom. The number of hydrogen-bond donors (Lipinski definition) is 0. The third kappa shape index (κ3) is 4.03. The lowest BCUT2D eigenvalue weighted by molar-refractivity contribution is -0.107. The second-order valence-corrected chi connectivity index (χ2v) is 8.68. The fourth-order valence-corrected chi connectivity index (χ4v) is 4.84. The Kier molecular flexibility index (Phi) is 5.13. The summed E-state index contributed by atoms with van der Waals surface area (Å²) in [6.07, 6.45) is -0.347. The fourth-order valence-electron chi connectivity index (χ4n) is 2.33. The van der Waals surface area contributed by atoms with E-state index in [2.05, 4.69) is 0 Å². The van der Waals surface area contributed by atoms with Gasteiger partial charge in [-0.25, -0.2) is 8.42 Å². The van der Waals surface area contributed by atoms with Gasteiger partial charge in [0.15, 0.2) is 0 Å². The molecule has 0 saturated carbocycles. The van der Waals surface area contributed by atoms with Crippen LogP contribution >= 0.6 is 34.8 Å². The van der Waals surface area contributed by atoms with Crippen LogP contribution in [0.5, 0.6) is 0 Å². The molecule has 1 aromatic rings. The molecular weight excluding hydrogens is 357 g/mol. The van der Waals surface area contributed by atoms with Crippen LogP contribution in [-0.4, -0.2) is 43.4 Å². The van der Waals surface area contributed by atoms with Crippen LogP contribution in [0.2, 0.25) is 10.0 Å². The Morgan fingerprint density at radius 2 is 1.86 bits per heavy atom. The lowest BCUT2D eigenvalue weighted by atomic mass is 10.1. The first kappa shape index (κ1) is 17.3. The summed E-state index contributed by atoms with van der Waals surface area (Å²) in [7, 11) is -3.70. The van der Waals surface area contributed by atoms with Crippen LogP contribution in [0.4, 0.5) is 0 Å². The van der Waals surface area contributed by atoms with E-state index < -0.39 is 15.6 Å². The van der Waals surface area contributed by atoms with Crippen LogP contribution in [0.25, 0.3) is 0 Å². The molecule has 4 nitrogen and oxygen atoms in total. The van der Waals surface area contributed by atoms with Crippen molar-refractivity contribution in [3.05, 3.63) is 28.2 Å². The van der Waals surface area contributed by atoms with E-state index in [1.165, 1.54) is 22.5 Å². The molecule has 21 heavy (non-hydrogen) atoms. The number of sulfonamides is 1. The molecule has 1 aliphatic rings. The molecule has 0 amide bonds. The Morgan fingerprint density at radius 1 is 1.29 bits per heavy atom. The molecule has 1 atom stereocenters. The van der Waals surface area contributed by atoms with E-state index in [0.717, 1.165) is 0 Å². The van der Waals surface area contributed by atoms with Crippen molar-refractivity contribution in [1.82, 2.24) is 4.31 Å². The molecular formula is C13H16Cl3NO3S. The average Bonchev–Trinajstić information content (AvgIpc) is 2.35. The van der Waals surface area contributed by atoms with E-state index in [4.69, 9.17) is 39.5 Å². The summed E-state index contributed by atoms with van der Waals surface area (Å²) in [6.45, 7) is 4.12. The van der Waals surface area contributed by atoms with Gasteiger partial charge in [0.25, 0.3) is 0 Å². The van der Waals surface area contributed by atoms with Gasteiger partial charge in [0, 0.05) is 29.0 Å². The monoisotopic (exact) mass is 371 g/mol. The summed E-state index contributed by atoms with van der Waals surface area (Å²) in [6, 6.07) is 4.27. The van der Waals surface area contributed by atoms with Crippen LogP contribution in [0.1, 0.15) is 13.8 Å². The molecule has 1 aromatic carbocycles. The molecule has 0 radical (unpaired) electrons. The maximum atomic E-state index is 12.8. The van der Waals surface area contributed by atoms with E-state index in [0.29, 0.717) is 0 Å².